The van der Waals surface area contributed by atoms with Crippen molar-refractivity contribution in [2.75, 3.05) is 0 Å². The van der Waals surface area contributed by atoms with Gasteiger partial charge in [-0.15, -0.1) is 0 Å². The monoisotopic (exact) mass is 291 g/mol. The highest BCUT2D eigenvalue weighted by Gasteiger charge is 2.25. The van der Waals surface area contributed by atoms with Gasteiger partial charge in [-0.05, 0) is 0 Å². The molecule has 0 bridgehead atoms. The van der Waals surface area contributed by atoms with Crippen LogP contribution < -0.4 is 3.53 Å². The highest BCUT2D eigenvalue weighted by atomic mass is 127. The summed E-state index contributed by atoms with van der Waals surface area (Å²) in [5.74, 6) is -2.92. The number of carbonyl (C=O) groups is 2. The molecule has 0 aliphatic rings. The molecule has 0 aliphatic carbocycles. The molecule has 0 saturated heterocycles. The lowest BCUT2D eigenvalue weighted by molar-refractivity contribution is -0.144. The van der Waals surface area contributed by atoms with E-state index in [-0.39, 0.29) is 0 Å². The fraction of sp³-hybridized carbons (Fsp3) is 0.600. The molecule has 5 nitrogen and oxygen atoms in total. The molecule has 0 aliphatic heterocycles. The molecule has 0 saturated carbocycles. The third kappa shape index (κ3) is 3.81. The van der Waals surface area contributed by atoms with Gasteiger partial charge in [-0.25, -0.2) is 12.7 Å². The number of hydrogen-bond donors (Lipinski definition) is 3. The summed E-state index contributed by atoms with van der Waals surface area (Å²) in [5, 5.41) is 16.5. The van der Waals surface area contributed by atoms with Crippen molar-refractivity contribution in [2.45, 2.75) is 18.6 Å². The van der Waals surface area contributed by atoms with Crippen LogP contribution in [0.3, 0.4) is 0 Å². The highest BCUT2D eigenvalue weighted by Crippen LogP contribution is 2.04. The molecule has 3 N–H and O–H groups in total. The van der Waals surface area contributed by atoms with Gasteiger partial charge in [0.1, 0.15) is 6.04 Å². The Morgan fingerprint density at radius 2 is 1.92 bits per heavy atom. The molecule has 2 unspecified atom stereocenters. The van der Waals surface area contributed by atoms with E-state index in [2.05, 4.69) is 3.53 Å². The van der Waals surface area contributed by atoms with Gasteiger partial charge in [0, 0.05) is 29.3 Å². The van der Waals surface area contributed by atoms with Crippen molar-refractivity contribution >= 4 is 34.8 Å². The van der Waals surface area contributed by atoms with E-state index < -0.39 is 30.6 Å². The minimum absolute atomic E-state index is 0.576. The van der Waals surface area contributed by atoms with Gasteiger partial charge in [0.2, 0.25) is 0 Å². The van der Waals surface area contributed by atoms with Crippen LogP contribution in [0, 0.1) is 0 Å². The fourth-order valence-electron chi connectivity index (χ4n) is 0.500. The minimum Gasteiger partial charge on any atom is -0.480 e. The van der Waals surface area contributed by atoms with E-state index >= 15 is 0 Å². The number of carboxylic acid groups (broad SMARTS) is 2. The summed E-state index contributed by atoms with van der Waals surface area (Å²) >= 11 is 1.53. The van der Waals surface area contributed by atoms with Crippen molar-refractivity contribution in [3.05, 3.63) is 0 Å². The number of carboxylic acids is 2. The minimum atomic E-state index is -2.15. The van der Waals surface area contributed by atoms with E-state index in [4.69, 9.17) is 10.2 Å². The van der Waals surface area contributed by atoms with Crippen LogP contribution in [0.25, 0.3) is 0 Å². The van der Waals surface area contributed by atoms with Crippen molar-refractivity contribution in [2.24, 2.45) is 0 Å². The molecule has 2 atom stereocenters. The zero-order chi connectivity index (χ0) is 9.72. The highest BCUT2D eigenvalue weighted by molar-refractivity contribution is 14.1. The molecule has 0 heterocycles. The lowest BCUT2D eigenvalue weighted by Crippen LogP contribution is -2.35. The van der Waals surface area contributed by atoms with Crippen LogP contribution in [-0.2, 0) is 9.59 Å². The van der Waals surface area contributed by atoms with E-state index in [0.29, 0.717) is 0 Å². The van der Waals surface area contributed by atoms with Gasteiger partial charge < -0.3 is 10.2 Å². The van der Waals surface area contributed by atoms with Gasteiger partial charge in [0.25, 0.3) is 0 Å². The molecule has 0 aromatic heterocycles. The Bertz CT molecular complexity index is 188. The lowest BCUT2D eigenvalue weighted by Gasteiger charge is -2.09. The lowest BCUT2D eigenvalue weighted by atomic mass is 10.1. The molecule has 7 heteroatoms. The third-order valence-corrected chi connectivity index (χ3v) is 1.89. The number of rotatable bonds is 5. The molecule has 0 spiro atoms. The SMILES string of the molecule is O=C(O)C(F)CC(NI)C(=O)O. The van der Waals surface area contributed by atoms with Crippen molar-refractivity contribution in [1.82, 2.24) is 3.53 Å². The molecule has 0 aromatic carbocycles. The molecule has 0 fully saturated rings. The number of alkyl halides is 1. The van der Waals surface area contributed by atoms with Crippen LogP contribution in [-0.4, -0.2) is 34.4 Å². The Morgan fingerprint density at radius 1 is 1.42 bits per heavy atom. The number of halogens is 2. The third-order valence-electron chi connectivity index (χ3n) is 1.14. The van der Waals surface area contributed by atoms with Crippen molar-refractivity contribution in [3.8, 4) is 0 Å². The molecular weight excluding hydrogens is 284 g/mol. The first-order valence-electron chi connectivity index (χ1n) is 2.95. The van der Waals surface area contributed by atoms with Crippen molar-refractivity contribution in [1.29, 1.82) is 0 Å². The molecule has 0 radical (unpaired) electrons. The molecular formula is C5H7FINO4. The molecule has 0 rings (SSSR count). The summed E-state index contributed by atoms with van der Waals surface area (Å²) < 4.78 is 14.7. The van der Waals surface area contributed by atoms with Gasteiger partial charge >= 0.3 is 11.9 Å². The summed E-state index contributed by atoms with van der Waals surface area (Å²) in [6.45, 7) is 0. The van der Waals surface area contributed by atoms with E-state index in [0.717, 1.165) is 0 Å². The topological polar surface area (TPSA) is 86.6 Å². The van der Waals surface area contributed by atoms with Crippen LogP contribution in [0.2, 0.25) is 0 Å². The molecule has 0 aromatic rings. The second-order valence-electron chi connectivity index (χ2n) is 2.04. The summed E-state index contributed by atoms with van der Waals surface area (Å²) in [4.78, 5) is 20.2. The predicted octanol–water partition coefficient (Wildman–Crippen LogP) is 0.192. The normalized spacial score (nSPS) is 15.2. The van der Waals surface area contributed by atoms with E-state index in [1.807, 2.05) is 0 Å². The predicted molar refractivity (Wildman–Crippen MR) is 45.7 cm³/mol. The zero-order valence-corrected chi connectivity index (χ0v) is 7.99. The fourth-order valence-corrected chi connectivity index (χ4v) is 1.02. The van der Waals surface area contributed by atoms with Crippen molar-refractivity contribution < 1.29 is 24.2 Å². The summed E-state index contributed by atoms with van der Waals surface area (Å²) in [6, 6.07) is -1.17. The second kappa shape index (κ2) is 5.25. The van der Waals surface area contributed by atoms with Crippen LogP contribution in [0.15, 0.2) is 0 Å². The van der Waals surface area contributed by atoms with Crippen LogP contribution >= 0.6 is 22.9 Å². The Hall–Kier alpha value is -0.440. The maximum absolute atomic E-state index is 12.4. The Morgan fingerprint density at radius 3 is 2.17 bits per heavy atom. The van der Waals surface area contributed by atoms with Crippen LogP contribution in [0.4, 0.5) is 4.39 Å². The Labute approximate surface area is 81.4 Å². The average molecular weight is 291 g/mol. The molecule has 0 amide bonds. The largest absolute Gasteiger partial charge is 0.480 e. The van der Waals surface area contributed by atoms with Crippen LogP contribution in [0.1, 0.15) is 6.42 Å². The van der Waals surface area contributed by atoms with Gasteiger partial charge in [0.15, 0.2) is 6.17 Å². The number of hydrogen-bond acceptors (Lipinski definition) is 3. The Balaban J connectivity index is 4.02. The van der Waals surface area contributed by atoms with Crippen molar-refractivity contribution in [3.63, 3.8) is 0 Å². The second-order valence-corrected chi connectivity index (χ2v) is 2.66. The summed E-state index contributed by atoms with van der Waals surface area (Å²) in [7, 11) is 0. The first-order chi connectivity index (χ1) is 5.49. The molecule has 70 valence electrons. The maximum Gasteiger partial charge on any atom is 0.338 e. The van der Waals surface area contributed by atoms with E-state index in [9.17, 15) is 14.0 Å². The average Bonchev–Trinajstić information content (AvgIpc) is 1.98. The summed E-state index contributed by atoms with van der Waals surface area (Å²) in [6.07, 6.45) is -2.72. The smallest absolute Gasteiger partial charge is 0.338 e. The van der Waals surface area contributed by atoms with Crippen LogP contribution in [0.5, 0.6) is 0 Å². The van der Waals surface area contributed by atoms with Gasteiger partial charge in [-0.3, -0.25) is 4.79 Å². The zero-order valence-electron chi connectivity index (χ0n) is 5.83. The quantitative estimate of drug-likeness (QED) is 0.497. The maximum atomic E-state index is 12.4. The van der Waals surface area contributed by atoms with E-state index in [1.54, 1.807) is 0 Å². The number of aliphatic carboxylic acids is 2. The summed E-state index contributed by atoms with van der Waals surface area (Å²) in [5.41, 5.74) is 0. The van der Waals surface area contributed by atoms with E-state index in [1.165, 1.54) is 22.9 Å². The number of nitrogens with one attached hydrogen (secondary N) is 1. The molecule has 12 heavy (non-hydrogen) atoms. The van der Waals surface area contributed by atoms with Gasteiger partial charge in [0.05, 0.1) is 0 Å². The Kier molecular flexibility index (Phi) is 5.06. The van der Waals surface area contributed by atoms with Gasteiger partial charge in [-0.2, -0.15) is 0 Å². The first-order valence-corrected chi connectivity index (χ1v) is 4.02. The van der Waals surface area contributed by atoms with Gasteiger partial charge in [-0.1, -0.05) is 0 Å². The first kappa shape index (κ1) is 11.6. The standard InChI is InChI=1S/C5H7FINO4/c6-2(4(9)10)1-3(8-7)5(11)12/h2-3,8H,1H2,(H,9,10)(H,11,12).